The Hall–Kier alpha value is -3.03. The molecule has 7 nitrogen and oxygen atoms in total. The van der Waals surface area contributed by atoms with Gasteiger partial charge in [-0.05, 0) is 60.6 Å². The van der Waals surface area contributed by atoms with Gasteiger partial charge in [0, 0.05) is 56.4 Å². The Morgan fingerprint density at radius 2 is 2.03 bits per heavy atom. The van der Waals surface area contributed by atoms with Crippen LogP contribution < -0.4 is 0 Å². The Balaban J connectivity index is 1.15. The first kappa shape index (κ1) is 23.7. The Morgan fingerprint density at radius 3 is 2.80 bits per heavy atom. The number of piperidine rings is 1. The number of likely N-dealkylation sites (tertiary alicyclic amines) is 1. The topological polar surface area (TPSA) is 75.4 Å². The molecule has 1 unspecified atom stereocenters. The Bertz CT molecular complexity index is 1160. The van der Waals surface area contributed by atoms with Crippen molar-refractivity contribution in [1.82, 2.24) is 24.9 Å². The first-order valence-corrected chi connectivity index (χ1v) is 12.7. The molecule has 8 heteroatoms. The largest absolute Gasteiger partial charge is 0.339 e. The fourth-order valence-corrected chi connectivity index (χ4v) is 5.03. The minimum Gasteiger partial charge on any atom is -0.339 e. The summed E-state index contributed by atoms with van der Waals surface area (Å²) in [5, 5.41) is 4.95. The highest BCUT2D eigenvalue weighted by Gasteiger charge is 2.28. The lowest BCUT2D eigenvalue weighted by atomic mass is 9.96. The van der Waals surface area contributed by atoms with Crippen LogP contribution >= 0.6 is 11.6 Å². The second-order valence-electron chi connectivity index (χ2n) is 9.24. The lowest BCUT2D eigenvalue weighted by molar-refractivity contribution is -0.135. The number of benzene rings is 1. The summed E-state index contributed by atoms with van der Waals surface area (Å²) < 4.78 is 5.49. The summed E-state index contributed by atoms with van der Waals surface area (Å²) in [6, 6.07) is 12.1. The molecule has 0 spiro atoms. The summed E-state index contributed by atoms with van der Waals surface area (Å²) in [6.07, 6.45) is 10.6. The number of amides is 1. The smallest absolute Gasteiger partial charge is 0.227 e. The molecule has 4 heterocycles. The molecule has 1 aromatic carbocycles. The van der Waals surface area contributed by atoms with E-state index in [1.165, 1.54) is 5.56 Å². The van der Waals surface area contributed by atoms with E-state index in [-0.39, 0.29) is 11.9 Å². The monoisotopic (exact) mass is 491 g/mol. The highest BCUT2D eigenvalue weighted by Crippen LogP contribution is 2.31. The number of carbonyl (C=O) groups is 1. The fraction of sp³-hybridized carbons (Fsp3) is 0.407. The number of carbonyl (C=O) groups excluding carboxylic acids is 1. The molecule has 182 valence electrons. The van der Waals surface area contributed by atoms with Gasteiger partial charge in [-0.15, -0.1) is 0 Å². The molecule has 3 aromatic rings. The maximum absolute atomic E-state index is 13.1. The van der Waals surface area contributed by atoms with Gasteiger partial charge in [0.05, 0.1) is 6.04 Å². The van der Waals surface area contributed by atoms with E-state index >= 15 is 0 Å². The van der Waals surface area contributed by atoms with E-state index in [2.05, 4.69) is 44.3 Å². The van der Waals surface area contributed by atoms with E-state index in [4.69, 9.17) is 16.1 Å². The SMILES string of the molecule is O=C(CCc1nc(C2=CCN(Cc3ccc(Cl)cc3)CC2)no1)N1CCCCC1c1cccnc1. The van der Waals surface area contributed by atoms with Gasteiger partial charge in [0.2, 0.25) is 11.8 Å². The molecule has 35 heavy (non-hydrogen) atoms. The van der Waals surface area contributed by atoms with Gasteiger partial charge < -0.3 is 9.42 Å². The van der Waals surface area contributed by atoms with Crippen molar-refractivity contribution in [3.05, 3.63) is 82.7 Å². The third-order valence-electron chi connectivity index (χ3n) is 6.81. The molecule has 1 fully saturated rings. The molecular weight excluding hydrogens is 462 g/mol. The number of pyridine rings is 1. The zero-order valence-electron chi connectivity index (χ0n) is 19.8. The zero-order chi connectivity index (χ0) is 24.0. The van der Waals surface area contributed by atoms with E-state index in [1.807, 2.05) is 29.3 Å². The number of rotatable bonds is 7. The van der Waals surface area contributed by atoms with Crippen molar-refractivity contribution in [1.29, 1.82) is 0 Å². The van der Waals surface area contributed by atoms with Crippen LogP contribution in [0.5, 0.6) is 0 Å². The lowest BCUT2D eigenvalue weighted by Crippen LogP contribution is -2.38. The van der Waals surface area contributed by atoms with Crippen LogP contribution in [-0.2, 0) is 17.8 Å². The first-order chi connectivity index (χ1) is 17.2. The normalized spacial score (nSPS) is 18.9. The third kappa shape index (κ3) is 5.97. The van der Waals surface area contributed by atoms with E-state index in [0.29, 0.717) is 24.6 Å². The number of hydrogen-bond acceptors (Lipinski definition) is 6. The van der Waals surface area contributed by atoms with Crippen molar-refractivity contribution < 1.29 is 9.32 Å². The molecular formula is C27H30ClN5O2. The van der Waals surface area contributed by atoms with E-state index in [1.54, 1.807) is 6.20 Å². The van der Waals surface area contributed by atoms with Crippen molar-refractivity contribution in [2.45, 2.75) is 51.1 Å². The molecule has 1 amide bonds. The maximum Gasteiger partial charge on any atom is 0.227 e. The second kappa shape index (κ2) is 11.1. The third-order valence-corrected chi connectivity index (χ3v) is 7.07. The number of halogens is 1. The molecule has 2 aliphatic rings. The van der Waals surface area contributed by atoms with Gasteiger partial charge in [-0.25, -0.2) is 0 Å². The van der Waals surface area contributed by atoms with Crippen LogP contribution in [0.1, 0.15) is 61.0 Å². The highest BCUT2D eigenvalue weighted by atomic mass is 35.5. The molecule has 0 saturated carbocycles. The average Bonchev–Trinajstić information content (AvgIpc) is 3.39. The van der Waals surface area contributed by atoms with Crippen molar-refractivity contribution in [3.63, 3.8) is 0 Å². The minimum atomic E-state index is 0.103. The predicted molar refractivity (Wildman–Crippen MR) is 134 cm³/mol. The van der Waals surface area contributed by atoms with Crippen LogP contribution in [0.2, 0.25) is 5.02 Å². The quantitative estimate of drug-likeness (QED) is 0.458. The standard InChI is InChI=1S/C27H30ClN5O2/c28-23-8-6-20(7-9-23)19-32-16-12-21(13-17-32)27-30-25(35-31-27)10-11-26(34)33-15-2-1-5-24(33)22-4-3-14-29-18-22/h3-4,6-9,12,14,18,24H,1-2,5,10-11,13,15-17,19H2. The summed E-state index contributed by atoms with van der Waals surface area (Å²) in [5.74, 6) is 1.30. The van der Waals surface area contributed by atoms with E-state index in [9.17, 15) is 4.79 Å². The zero-order valence-corrected chi connectivity index (χ0v) is 20.5. The average molecular weight is 492 g/mol. The molecule has 5 rings (SSSR count). The second-order valence-corrected chi connectivity index (χ2v) is 9.67. The van der Waals surface area contributed by atoms with Gasteiger partial charge in [0.15, 0.2) is 5.82 Å². The Labute approximate surface area is 210 Å². The van der Waals surface area contributed by atoms with E-state index in [0.717, 1.165) is 68.0 Å². The van der Waals surface area contributed by atoms with Crippen molar-refractivity contribution in [2.75, 3.05) is 19.6 Å². The molecule has 1 atom stereocenters. The maximum atomic E-state index is 13.1. The van der Waals surface area contributed by atoms with E-state index < -0.39 is 0 Å². The number of aryl methyl sites for hydroxylation is 1. The Kier molecular flexibility index (Phi) is 7.54. The van der Waals surface area contributed by atoms with Gasteiger partial charge in [-0.2, -0.15) is 4.98 Å². The van der Waals surface area contributed by atoms with Gasteiger partial charge in [0.25, 0.3) is 0 Å². The van der Waals surface area contributed by atoms with Crippen LogP contribution in [-0.4, -0.2) is 50.5 Å². The summed E-state index contributed by atoms with van der Waals surface area (Å²) in [7, 11) is 0. The first-order valence-electron chi connectivity index (χ1n) is 12.3. The molecule has 2 aromatic heterocycles. The van der Waals surface area contributed by atoms with Crippen LogP contribution in [0.3, 0.4) is 0 Å². The van der Waals surface area contributed by atoms with Crippen molar-refractivity contribution in [2.24, 2.45) is 0 Å². The molecule has 0 N–H and O–H groups in total. The molecule has 0 aliphatic carbocycles. The van der Waals surface area contributed by atoms with Crippen LogP contribution in [0.4, 0.5) is 0 Å². The number of aromatic nitrogens is 3. The number of hydrogen-bond donors (Lipinski definition) is 0. The van der Waals surface area contributed by atoms with Crippen LogP contribution in [0.15, 0.2) is 59.4 Å². The summed E-state index contributed by atoms with van der Waals surface area (Å²) in [5.41, 5.74) is 3.46. The van der Waals surface area contributed by atoms with Gasteiger partial charge in [-0.1, -0.05) is 41.0 Å². The van der Waals surface area contributed by atoms with Crippen molar-refractivity contribution >= 4 is 23.1 Å². The van der Waals surface area contributed by atoms with Gasteiger partial charge in [0.1, 0.15) is 0 Å². The van der Waals surface area contributed by atoms with Crippen molar-refractivity contribution in [3.8, 4) is 0 Å². The number of nitrogens with zero attached hydrogens (tertiary/aromatic N) is 5. The molecule has 1 saturated heterocycles. The Morgan fingerprint density at radius 1 is 1.14 bits per heavy atom. The highest BCUT2D eigenvalue weighted by molar-refractivity contribution is 6.30. The lowest BCUT2D eigenvalue weighted by Gasteiger charge is -2.36. The predicted octanol–water partition coefficient (Wildman–Crippen LogP) is 5.09. The van der Waals surface area contributed by atoms with Gasteiger partial charge in [-0.3, -0.25) is 14.7 Å². The molecule has 0 bridgehead atoms. The summed E-state index contributed by atoms with van der Waals surface area (Å²) >= 11 is 5.99. The van der Waals surface area contributed by atoms with Crippen LogP contribution in [0, 0.1) is 0 Å². The fourth-order valence-electron chi connectivity index (χ4n) is 4.90. The summed E-state index contributed by atoms with van der Waals surface area (Å²) in [4.78, 5) is 26.3. The van der Waals surface area contributed by atoms with Gasteiger partial charge >= 0.3 is 0 Å². The minimum absolute atomic E-state index is 0.103. The van der Waals surface area contributed by atoms with Crippen LogP contribution in [0.25, 0.3) is 5.57 Å². The molecule has 0 radical (unpaired) electrons. The summed E-state index contributed by atoms with van der Waals surface area (Å²) in [6.45, 7) is 3.44. The molecule has 2 aliphatic heterocycles.